The van der Waals surface area contributed by atoms with Gasteiger partial charge in [-0.05, 0) is 61.6 Å². The number of pyridine rings is 1. The van der Waals surface area contributed by atoms with E-state index in [1.807, 2.05) is 24.3 Å². The Morgan fingerprint density at radius 2 is 1.71 bits per heavy atom. The van der Waals surface area contributed by atoms with E-state index in [1.54, 1.807) is 0 Å². The molecule has 0 bridgehead atoms. The lowest BCUT2D eigenvalue weighted by Gasteiger charge is -2.28. The Labute approximate surface area is 216 Å². The third-order valence-corrected chi connectivity index (χ3v) is 5.82. The van der Waals surface area contributed by atoms with E-state index in [2.05, 4.69) is 62.0 Å². The van der Waals surface area contributed by atoms with Gasteiger partial charge in [0, 0.05) is 47.7 Å². The molecule has 6 heteroatoms. The molecule has 0 saturated carbocycles. The maximum absolute atomic E-state index is 12.8. The summed E-state index contributed by atoms with van der Waals surface area (Å²) in [6.45, 7) is 13.3. The largest absolute Gasteiger partial charge is 0.357 e. The SMILES string of the molecule is CCC.CCC.CCc1c(C(=O)NCCc2cccc(N3CCCCC3)n2)[nH]c2ccc(Cl)cc12. The summed E-state index contributed by atoms with van der Waals surface area (Å²) in [5.41, 5.74) is 3.57. The van der Waals surface area contributed by atoms with Gasteiger partial charge in [0.1, 0.15) is 11.5 Å². The molecule has 1 fully saturated rings. The van der Waals surface area contributed by atoms with Gasteiger partial charge in [0.2, 0.25) is 0 Å². The van der Waals surface area contributed by atoms with Gasteiger partial charge in [-0.25, -0.2) is 4.98 Å². The van der Waals surface area contributed by atoms with Crippen LogP contribution in [0.5, 0.6) is 0 Å². The van der Waals surface area contributed by atoms with Crippen LogP contribution in [0.15, 0.2) is 36.4 Å². The average Bonchev–Trinajstić information content (AvgIpc) is 3.23. The highest BCUT2D eigenvalue weighted by Crippen LogP contribution is 2.26. The van der Waals surface area contributed by atoms with Gasteiger partial charge in [0.05, 0.1) is 0 Å². The van der Waals surface area contributed by atoms with Crippen molar-refractivity contribution >= 4 is 34.2 Å². The number of benzene rings is 1. The Morgan fingerprint density at radius 1 is 1.03 bits per heavy atom. The molecule has 1 aliphatic rings. The maximum Gasteiger partial charge on any atom is 0.268 e. The minimum Gasteiger partial charge on any atom is -0.357 e. The molecule has 3 heterocycles. The fourth-order valence-electron chi connectivity index (χ4n) is 4.08. The first-order valence-electron chi connectivity index (χ1n) is 13.3. The zero-order chi connectivity index (χ0) is 25.6. The molecule has 0 radical (unpaired) electrons. The normalized spacial score (nSPS) is 12.9. The number of nitrogens with zero attached hydrogens (tertiary/aromatic N) is 2. The first-order valence-corrected chi connectivity index (χ1v) is 13.7. The molecular weight excluding hydrogens is 456 g/mol. The van der Waals surface area contributed by atoms with E-state index < -0.39 is 0 Å². The molecule has 0 spiro atoms. The molecule has 3 aromatic rings. The van der Waals surface area contributed by atoms with Crippen LogP contribution in [-0.2, 0) is 12.8 Å². The molecule has 1 aliphatic heterocycles. The van der Waals surface area contributed by atoms with E-state index in [0.717, 1.165) is 47.5 Å². The lowest BCUT2D eigenvalue weighted by atomic mass is 10.1. The van der Waals surface area contributed by atoms with Crippen LogP contribution < -0.4 is 10.2 Å². The van der Waals surface area contributed by atoms with Crippen LogP contribution in [0.2, 0.25) is 5.02 Å². The molecule has 1 amide bonds. The molecule has 35 heavy (non-hydrogen) atoms. The molecule has 2 aromatic heterocycles. The van der Waals surface area contributed by atoms with Crippen molar-refractivity contribution in [2.75, 3.05) is 24.5 Å². The summed E-state index contributed by atoms with van der Waals surface area (Å²) in [7, 11) is 0. The quantitative estimate of drug-likeness (QED) is 0.368. The van der Waals surface area contributed by atoms with Crippen LogP contribution in [-0.4, -0.2) is 35.5 Å². The third-order valence-electron chi connectivity index (χ3n) is 5.59. The van der Waals surface area contributed by atoms with Crippen LogP contribution in [0.4, 0.5) is 5.82 Å². The first-order chi connectivity index (χ1) is 17.0. The molecule has 1 aromatic carbocycles. The van der Waals surface area contributed by atoms with Crippen molar-refractivity contribution in [3.8, 4) is 0 Å². The smallest absolute Gasteiger partial charge is 0.268 e. The number of rotatable bonds is 6. The topological polar surface area (TPSA) is 61.0 Å². The predicted octanol–water partition coefficient (Wildman–Crippen LogP) is 7.57. The summed E-state index contributed by atoms with van der Waals surface area (Å²) in [6.07, 6.45) is 7.75. The Kier molecular flexibility index (Phi) is 12.7. The van der Waals surface area contributed by atoms with Gasteiger partial charge in [-0.2, -0.15) is 0 Å². The van der Waals surface area contributed by atoms with Crippen molar-refractivity contribution in [3.63, 3.8) is 0 Å². The molecule has 5 nitrogen and oxygen atoms in total. The number of aromatic nitrogens is 2. The number of amides is 1. The second kappa shape index (κ2) is 15.5. The number of carbonyl (C=O) groups excluding carboxylic acids is 1. The highest BCUT2D eigenvalue weighted by atomic mass is 35.5. The Hall–Kier alpha value is -2.53. The lowest BCUT2D eigenvalue weighted by molar-refractivity contribution is 0.0949. The summed E-state index contributed by atoms with van der Waals surface area (Å²) in [6, 6.07) is 11.8. The zero-order valence-electron chi connectivity index (χ0n) is 22.2. The number of H-pyrrole nitrogens is 1. The van der Waals surface area contributed by atoms with Crippen molar-refractivity contribution in [3.05, 3.63) is 58.4 Å². The molecular formula is C29H43ClN4O. The average molecular weight is 499 g/mol. The second-order valence-corrected chi connectivity index (χ2v) is 9.41. The molecule has 2 N–H and O–H groups in total. The summed E-state index contributed by atoms with van der Waals surface area (Å²) in [5.74, 6) is 0.968. The van der Waals surface area contributed by atoms with Gasteiger partial charge in [-0.1, -0.05) is 65.1 Å². The third kappa shape index (κ3) is 8.57. The number of hydrogen-bond acceptors (Lipinski definition) is 3. The summed E-state index contributed by atoms with van der Waals surface area (Å²) in [4.78, 5) is 23.2. The van der Waals surface area contributed by atoms with E-state index in [-0.39, 0.29) is 5.91 Å². The second-order valence-electron chi connectivity index (χ2n) is 8.98. The number of anilines is 1. The van der Waals surface area contributed by atoms with Crippen molar-refractivity contribution in [2.45, 2.75) is 79.6 Å². The predicted molar refractivity (Wildman–Crippen MR) is 151 cm³/mol. The summed E-state index contributed by atoms with van der Waals surface area (Å²) < 4.78 is 0. The van der Waals surface area contributed by atoms with E-state index >= 15 is 0 Å². The van der Waals surface area contributed by atoms with E-state index in [9.17, 15) is 4.79 Å². The van der Waals surface area contributed by atoms with Crippen LogP contribution in [0.3, 0.4) is 0 Å². The van der Waals surface area contributed by atoms with Crippen molar-refractivity contribution in [1.29, 1.82) is 0 Å². The van der Waals surface area contributed by atoms with Crippen LogP contribution in [0, 0.1) is 0 Å². The minimum absolute atomic E-state index is 0.0821. The highest BCUT2D eigenvalue weighted by molar-refractivity contribution is 6.31. The van der Waals surface area contributed by atoms with Crippen LogP contribution in [0.25, 0.3) is 10.9 Å². The Bertz CT molecular complexity index is 1040. The monoisotopic (exact) mass is 498 g/mol. The minimum atomic E-state index is -0.0821. The van der Waals surface area contributed by atoms with E-state index in [4.69, 9.17) is 16.6 Å². The van der Waals surface area contributed by atoms with Gasteiger partial charge >= 0.3 is 0 Å². The van der Waals surface area contributed by atoms with Crippen LogP contribution in [0.1, 0.15) is 88.5 Å². The van der Waals surface area contributed by atoms with Gasteiger partial charge < -0.3 is 15.2 Å². The molecule has 192 valence electrons. The van der Waals surface area contributed by atoms with Crippen molar-refractivity contribution in [2.24, 2.45) is 0 Å². The van der Waals surface area contributed by atoms with Crippen LogP contribution >= 0.6 is 11.6 Å². The number of fused-ring (bicyclic) bond motifs is 1. The highest BCUT2D eigenvalue weighted by Gasteiger charge is 2.17. The number of aromatic amines is 1. The summed E-state index contributed by atoms with van der Waals surface area (Å²) >= 11 is 6.13. The first kappa shape index (κ1) is 28.7. The lowest BCUT2D eigenvalue weighted by Crippen LogP contribution is -2.30. The number of piperidine rings is 1. The molecule has 0 atom stereocenters. The maximum atomic E-state index is 12.8. The molecule has 1 saturated heterocycles. The fourth-order valence-corrected chi connectivity index (χ4v) is 4.25. The molecule has 0 unspecified atom stereocenters. The Balaban J connectivity index is 0.000000655. The summed E-state index contributed by atoms with van der Waals surface area (Å²) in [5, 5.41) is 4.73. The number of nitrogens with one attached hydrogen (secondary N) is 2. The zero-order valence-corrected chi connectivity index (χ0v) is 23.0. The van der Waals surface area contributed by atoms with Gasteiger partial charge in [0.25, 0.3) is 5.91 Å². The number of carbonyl (C=O) groups is 1. The fraction of sp³-hybridized carbons (Fsp3) is 0.517. The number of hydrogen-bond donors (Lipinski definition) is 2. The van der Waals surface area contributed by atoms with E-state index in [0.29, 0.717) is 23.7 Å². The molecule has 4 rings (SSSR count). The van der Waals surface area contributed by atoms with Gasteiger partial charge in [-0.15, -0.1) is 0 Å². The van der Waals surface area contributed by atoms with Gasteiger partial charge in [0.15, 0.2) is 0 Å². The Morgan fingerprint density at radius 3 is 2.37 bits per heavy atom. The number of aryl methyl sites for hydroxylation is 1. The van der Waals surface area contributed by atoms with E-state index in [1.165, 1.54) is 32.1 Å². The molecule has 0 aliphatic carbocycles. The van der Waals surface area contributed by atoms with Crippen molar-refractivity contribution in [1.82, 2.24) is 15.3 Å². The standard InChI is InChI=1S/C23H27ClN4O.2C3H8/c1-2-18-19-15-16(24)9-10-20(19)27-22(18)23(29)25-12-11-17-7-6-8-21(26-17)28-13-4-3-5-14-28;2*1-3-2/h6-10,15,27H,2-5,11-14H2,1H3,(H,25,29);2*3H2,1-2H3. The van der Waals surface area contributed by atoms with Crippen molar-refractivity contribution < 1.29 is 4.79 Å². The van der Waals surface area contributed by atoms with Gasteiger partial charge in [-0.3, -0.25) is 4.79 Å². The number of halogens is 1.